The van der Waals surface area contributed by atoms with Crippen molar-refractivity contribution in [3.63, 3.8) is 0 Å². The maximum atomic E-state index is 11.6. The highest BCUT2D eigenvalue weighted by molar-refractivity contribution is 5.86. The van der Waals surface area contributed by atoms with Crippen molar-refractivity contribution in [2.24, 2.45) is 5.73 Å². The quantitative estimate of drug-likeness (QED) is 0.758. The van der Waals surface area contributed by atoms with E-state index in [0.29, 0.717) is 6.54 Å². The van der Waals surface area contributed by atoms with Crippen molar-refractivity contribution in [1.29, 1.82) is 0 Å². The summed E-state index contributed by atoms with van der Waals surface area (Å²) in [5, 5.41) is 6.55. The topological polar surface area (TPSA) is 81.2 Å². The fraction of sp³-hybridized carbons (Fsp3) is 0.600. The van der Waals surface area contributed by atoms with Gasteiger partial charge in [-0.05, 0) is 26.2 Å². The Morgan fingerprint density at radius 1 is 1.73 bits per heavy atom. The number of aromatic nitrogens is 1. The van der Waals surface area contributed by atoms with Gasteiger partial charge in [-0.1, -0.05) is 5.16 Å². The fourth-order valence-corrected chi connectivity index (χ4v) is 1.63. The third-order valence-electron chi connectivity index (χ3n) is 2.80. The van der Waals surface area contributed by atoms with Gasteiger partial charge in [-0.25, -0.2) is 0 Å². The van der Waals surface area contributed by atoms with Gasteiger partial charge < -0.3 is 15.6 Å². The average molecular weight is 209 g/mol. The molecule has 15 heavy (non-hydrogen) atoms. The highest BCUT2D eigenvalue weighted by atomic mass is 16.5. The molecule has 0 spiro atoms. The highest BCUT2D eigenvalue weighted by Crippen LogP contribution is 2.29. The van der Waals surface area contributed by atoms with Crippen LogP contribution in [0.5, 0.6) is 0 Å². The van der Waals surface area contributed by atoms with E-state index in [4.69, 9.17) is 10.3 Å². The van der Waals surface area contributed by atoms with E-state index in [-0.39, 0.29) is 5.91 Å². The summed E-state index contributed by atoms with van der Waals surface area (Å²) in [7, 11) is 0. The molecule has 1 aliphatic rings. The maximum absolute atomic E-state index is 11.6. The van der Waals surface area contributed by atoms with Crippen molar-refractivity contribution < 1.29 is 9.32 Å². The van der Waals surface area contributed by atoms with Gasteiger partial charge in [-0.15, -0.1) is 0 Å². The average Bonchev–Trinajstić information content (AvgIpc) is 2.57. The molecule has 5 nitrogen and oxygen atoms in total. The number of amides is 1. The number of nitrogens with one attached hydrogen (secondary N) is 1. The number of carbonyl (C=O) groups is 1. The zero-order valence-electron chi connectivity index (χ0n) is 8.75. The minimum Gasteiger partial charge on any atom is -0.361 e. The lowest BCUT2D eigenvalue weighted by Crippen LogP contribution is -2.58. The molecule has 0 saturated heterocycles. The summed E-state index contributed by atoms with van der Waals surface area (Å²) in [4.78, 5) is 11.6. The van der Waals surface area contributed by atoms with Crippen LogP contribution < -0.4 is 11.1 Å². The van der Waals surface area contributed by atoms with E-state index in [9.17, 15) is 4.79 Å². The van der Waals surface area contributed by atoms with Gasteiger partial charge in [0.15, 0.2) is 0 Å². The van der Waals surface area contributed by atoms with Gasteiger partial charge in [0.1, 0.15) is 11.5 Å². The van der Waals surface area contributed by atoms with Crippen LogP contribution in [0.4, 0.5) is 0 Å². The first-order valence-corrected chi connectivity index (χ1v) is 5.09. The first-order valence-electron chi connectivity index (χ1n) is 5.09. The molecule has 82 valence electrons. The zero-order chi connectivity index (χ0) is 10.9. The third kappa shape index (κ3) is 2.02. The molecule has 1 amide bonds. The van der Waals surface area contributed by atoms with Crippen LogP contribution in [0.25, 0.3) is 0 Å². The fourth-order valence-electron chi connectivity index (χ4n) is 1.63. The van der Waals surface area contributed by atoms with Crippen LogP contribution in [0.3, 0.4) is 0 Å². The molecule has 0 aliphatic heterocycles. The van der Waals surface area contributed by atoms with Crippen molar-refractivity contribution in [1.82, 2.24) is 10.5 Å². The standard InChI is InChI=1S/C10H15N3O2/c1-7-5-8(13-15-7)6-12-9(14)10(11)3-2-4-10/h5H,2-4,6,11H2,1H3,(H,12,14). The number of hydrogen-bond donors (Lipinski definition) is 2. The Morgan fingerprint density at radius 2 is 2.47 bits per heavy atom. The normalized spacial score (nSPS) is 18.3. The van der Waals surface area contributed by atoms with Crippen LogP contribution in [-0.2, 0) is 11.3 Å². The summed E-state index contributed by atoms with van der Waals surface area (Å²) >= 11 is 0. The molecular formula is C10H15N3O2. The summed E-state index contributed by atoms with van der Waals surface area (Å²) < 4.78 is 4.89. The summed E-state index contributed by atoms with van der Waals surface area (Å²) in [5.74, 6) is 0.653. The van der Waals surface area contributed by atoms with Gasteiger partial charge >= 0.3 is 0 Å². The molecule has 1 fully saturated rings. The van der Waals surface area contributed by atoms with Crippen molar-refractivity contribution >= 4 is 5.91 Å². The van der Waals surface area contributed by atoms with Crippen LogP contribution in [0, 0.1) is 6.92 Å². The molecule has 0 unspecified atom stereocenters. The monoisotopic (exact) mass is 209 g/mol. The van der Waals surface area contributed by atoms with E-state index in [1.807, 2.05) is 6.92 Å². The van der Waals surface area contributed by atoms with Gasteiger partial charge in [0.25, 0.3) is 0 Å². The molecule has 0 bridgehead atoms. The lowest BCUT2D eigenvalue weighted by molar-refractivity contribution is -0.129. The minimum absolute atomic E-state index is 0.0885. The second kappa shape index (κ2) is 3.66. The first kappa shape index (κ1) is 10.2. The summed E-state index contributed by atoms with van der Waals surface area (Å²) in [6.45, 7) is 2.20. The number of nitrogens with two attached hydrogens (primary N) is 1. The van der Waals surface area contributed by atoms with E-state index in [2.05, 4.69) is 10.5 Å². The van der Waals surface area contributed by atoms with Crippen molar-refractivity contribution in [2.45, 2.75) is 38.3 Å². The van der Waals surface area contributed by atoms with E-state index >= 15 is 0 Å². The molecule has 3 N–H and O–H groups in total. The predicted molar refractivity (Wildman–Crippen MR) is 53.9 cm³/mol. The van der Waals surface area contributed by atoms with Crippen LogP contribution in [0.2, 0.25) is 0 Å². The third-order valence-corrected chi connectivity index (χ3v) is 2.80. The summed E-state index contributed by atoms with van der Waals surface area (Å²) in [6, 6.07) is 1.80. The van der Waals surface area contributed by atoms with Gasteiger partial charge in [0.05, 0.1) is 12.1 Å². The largest absolute Gasteiger partial charge is 0.361 e. The number of hydrogen-bond acceptors (Lipinski definition) is 4. The van der Waals surface area contributed by atoms with Crippen molar-refractivity contribution in [3.8, 4) is 0 Å². The Morgan fingerprint density at radius 3 is 2.93 bits per heavy atom. The molecule has 1 aromatic heterocycles. The minimum atomic E-state index is -0.640. The van der Waals surface area contributed by atoms with E-state index < -0.39 is 5.54 Å². The van der Waals surface area contributed by atoms with Crippen LogP contribution in [0.15, 0.2) is 10.6 Å². The molecule has 5 heteroatoms. The highest BCUT2D eigenvalue weighted by Gasteiger charge is 2.39. The smallest absolute Gasteiger partial charge is 0.240 e. The van der Waals surface area contributed by atoms with Gasteiger partial charge in [-0.3, -0.25) is 4.79 Å². The SMILES string of the molecule is Cc1cc(CNC(=O)C2(N)CCC2)no1. The predicted octanol–water partition coefficient (Wildman–Crippen LogP) is 0.481. The molecular weight excluding hydrogens is 194 g/mol. The first-order chi connectivity index (χ1) is 7.10. The van der Waals surface area contributed by atoms with Gasteiger partial charge in [0.2, 0.25) is 5.91 Å². The molecule has 1 heterocycles. The Labute approximate surface area is 88.0 Å². The summed E-state index contributed by atoms with van der Waals surface area (Å²) in [6.07, 6.45) is 2.58. The van der Waals surface area contributed by atoms with E-state index in [0.717, 1.165) is 30.7 Å². The Bertz CT molecular complexity index is 368. The van der Waals surface area contributed by atoms with E-state index in [1.54, 1.807) is 6.07 Å². The van der Waals surface area contributed by atoms with Gasteiger partial charge in [-0.2, -0.15) is 0 Å². The van der Waals surface area contributed by atoms with E-state index in [1.165, 1.54) is 0 Å². The molecule has 1 saturated carbocycles. The molecule has 0 radical (unpaired) electrons. The van der Waals surface area contributed by atoms with Crippen molar-refractivity contribution in [3.05, 3.63) is 17.5 Å². The number of aryl methyl sites for hydroxylation is 1. The molecule has 1 aliphatic carbocycles. The lowest BCUT2D eigenvalue weighted by Gasteiger charge is -2.36. The Hall–Kier alpha value is -1.36. The Kier molecular flexibility index (Phi) is 2.48. The van der Waals surface area contributed by atoms with Crippen molar-refractivity contribution in [2.75, 3.05) is 0 Å². The number of rotatable bonds is 3. The molecule has 1 aromatic rings. The number of nitrogens with zero attached hydrogens (tertiary/aromatic N) is 1. The lowest BCUT2D eigenvalue weighted by atomic mass is 9.77. The van der Waals surface area contributed by atoms with Crippen LogP contribution in [-0.4, -0.2) is 16.6 Å². The zero-order valence-corrected chi connectivity index (χ0v) is 8.75. The number of carbonyl (C=O) groups excluding carboxylic acids is 1. The molecule has 0 aromatic carbocycles. The second-order valence-corrected chi connectivity index (χ2v) is 4.12. The van der Waals surface area contributed by atoms with Crippen LogP contribution >= 0.6 is 0 Å². The molecule has 0 atom stereocenters. The second-order valence-electron chi connectivity index (χ2n) is 4.12. The molecule has 2 rings (SSSR count). The maximum Gasteiger partial charge on any atom is 0.240 e. The summed E-state index contributed by atoms with van der Waals surface area (Å²) in [5.41, 5.74) is 5.95. The Balaban J connectivity index is 1.85. The van der Waals surface area contributed by atoms with Crippen LogP contribution in [0.1, 0.15) is 30.7 Å². The van der Waals surface area contributed by atoms with Gasteiger partial charge in [0, 0.05) is 6.07 Å².